The van der Waals surface area contributed by atoms with Gasteiger partial charge in [-0.3, -0.25) is 9.59 Å². The van der Waals surface area contributed by atoms with Crippen LogP contribution >= 0.6 is 0 Å². The van der Waals surface area contributed by atoms with E-state index in [0.29, 0.717) is 6.42 Å². The van der Waals surface area contributed by atoms with E-state index in [1.807, 2.05) is 0 Å². The van der Waals surface area contributed by atoms with Gasteiger partial charge >= 0.3 is 11.9 Å². The SMILES string of the molecule is CCOC(=O)C1(C(=O)OCC)CC1(C)c1ccc(F)cc1. The Bertz CT molecular complexity index is 534. The van der Waals surface area contributed by atoms with Gasteiger partial charge in [0.05, 0.1) is 13.2 Å². The van der Waals surface area contributed by atoms with Gasteiger partial charge in [0.2, 0.25) is 0 Å². The summed E-state index contributed by atoms with van der Waals surface area (Å²) < 4.78 is 23.2. The van der Waals surface area contributed by atoms with Gasteiger partial charge < -0.3 is 9.47 Å². The largest absolute Gasteiger partial charge is 0.465 e. The van der Waals surface area contributed by atoms with E-state index < -0.39 is 22.8 Å². The summed E-state index contributed by atoms with van der Waals surface area (Å²) in [5, 5.41) is 0. The van der Waals surface area contributed by atoms with Crippen molar-refractivity contribution in [2.75, 3.05) is 13.2 Å². The van der Waals surface area contributed by atoms with Crippen LogP contribution in [0.3, 0.4) is 0 Å². The lowest BCUT2D eigenvalue weighted by Crippen LogP contribution is -2.36. The third-order valence-corrected chi connectivity index (χ3v) is 4.16. The van der Waals surface area contributed by atoms with Gasteiger partial charge in [-0.2, -0.15) is 0 Å². The van der Waals surface area contributed by atoms with Crippen molar-refractivity contribution in [3.05, 3.63) is 35.6 Å². The van der Waals surface area contributed by atoms with Gasteiger partial charge in [0.25, 0.3) is 0 Å². The van der Waals surface area contributed by atoms with E-state index in [1.165, 1.54) is 12.1 Å². The summed E-state index contributed by atoms with van der Waals surface area (Å²) in [5.74, 6) is -1.51. The zero-order valence-electron chi connectivity index (χ0n) is 12.4. The monoisotopic (exact) mass is 294 g/mol. The van der Waals surface area contributed by atoms with Gasteiger partial charge in [-0.05, 0) is 38.0 Å². The van der Waals surface area contributed by atoms with E-state index in [9.17, 15) is 14.0 Å². The van der Waals surface area contributed by atoms with E-state index in [2.05, 4.69) is 0 Å². The highest BCUT2D eigenvalue weighted by Crippen LogP contribution is 2.65. The summed E-state index contributed by atoms with van der Waals surface area (Å²) in [4.78, 5) is 24.6. The van der Waals surface area contributed by atoms with E-state index >= 15 is 0 Å². The lowest BCUT2D eigenvalue weighted by molar-refractivity contribution is -0.165. The predicted octanol–water partition coefficient (Wildman–Crippen LogP) is 2.60. The lowest BCUT2D eigenvalue weighted by atomic mass is 9.87. The van der Waals surface area contributed by atoms with Crippen LogP contribution in [0.1, 0.15) is 32.8 Å². The molecule has 1 atom stereocenters. The highest BCUT2D eigenvalue weighted by atomic mass is 19.1. The van der Waals surface area contributed by atoms with Crippen molar-refractivity contribution in [2.45, 2.75) is 32.6 Å². The van der Waals surface area contributed by atoms with Gasteiger partial charge in [0, 0.05) is 5.41 Å². The number of carbonyl (C=O) groups is 2. The molecule has 0 amide bonds. The van der Waals surface area contributed by atoms with Crippen molar-refractivity contribution in [1.82, 2.24) is 0 Å². The summed E-state index contributed by atoms with van der Waals surface area (Å²) in [6.07, 6.45) is 0.309. The van der Waals surface area contributed by atoms with Crippen molar-refractivity contribution >= 4 is 11.9 Å². The molecular weight excluding hydrogens is 275 g/mol. The highest BCUT2D eigenvalue weighted by molar-refractivity contribution is 6.06. The number of esters is 2. The van der Waals surface area contributed by atoms with Crippen molar-refractivity contribution in [3.63, 3.8) is 0 Å². The molecule has 21 heavy (non-hydrogen) atoms. The Morgan fingerprint density at radius 3 is 2.00 bits per heavy atom. The first-order valence-electron chi connectivity index (χ1n) is 7.03. The van der Waals surface area contributed by atoms with Gasteiger partial charge in [0.1, 0.15) is 5.82 Å². The maximum atomic E-state index is 13.1. The Hall–Kier alpha value is -1.91. The minimum atomic E-state index is -1.32. The van der Waals surface area contributed by atoms with Gasteiger partial charge in [-0.25, -0.2) is 4.39 Å². The molecule has 0 aliphatic heterocycles. The van der Waals surface area contributed by atoms with E-state index in [0.717, 1.165) is 5.56 Å². The average Bonchev–Trinajstić information content (AvgIpc) is 3.09. The van der Waals surface area contributed by atoms with E-state index in [4.69, 9.17) is 9.47 Å². The van der Waals surface area contributed by atoms with Crippen LogP contribution in [0.25, 0.3) is 0 Å². The van der Waals surface area contributed by atoms with Crippen molar-refractivity contribution in [3.8, 4) is 0 Å². The molecule has 2 rings (SSSR count). The number of carbonyl (C=O) groups excluding carboxylic acids is 2. The predicted molar refractivity (Wildman–Crippen MR) is 74.1 cm³/mol. The Morgan fingerprint density at radius 2 is 1.57 bits per heavy atom. The van der Waals surface area contributed by atoms with E-state index in [-0.39, 0.29) is 19.0 Å². The molecule has 0 spiro atoms. The maximum absolute atomic E-state index is 13.1. The Labute approximate surface area is 123 Å². The Balaban J connectivity index is 2.38. The maximum Gasteiger partial charge on any atom is 0.324 e. The average molecular weight is 294 g/mol. The third kappa shape index (κ3) is 2.30. The summed E-state index contributed by atoms with van der Waals surface area (Å²) in [7, 11) is 0. The molecule has 0 heterocycles. The second kappa shape index (κ2) is 5.47. The Morgan fingerprint density at radius 1 is 1.10 bits per heavy atom. The van der Waals surface area contributed by atoms with Crippen molar-refractivity contribution < 1.29 is 23.5 Å². The first kappa shape index (κ1) is 15.5. The Kier molecular flexibility index (Phi) is 4.03. The number of ether oxygens (including phenoxy) is 2. The molecule has 114 valence electrons. The van der Waals surface area contributed by atoms with Crippen LogP contribution in [0.15, 0.2) is 24.3 Å². The van der Waals surface area contributed by atoms with Crippen LogP contribution in [0.4, 0.5) is 4.39 Å². The molecule has 0 aromatic heterocycles. The van der Waals surface area contributed by atoms with Crippen LogP contribution in [0, 0.1) is 11.2 Å². The normalized spacial score (nSPS) is 22.5. The topological polar surface area (TPSA) is 52.6 Å². The van der Waals surface area contributed by atoms with Crippen LogP contribution in [-0.4, -0.2) is 25.2 Å². The summed E-state index contributed by atoms with van der Waals surface area (Å²) in [6, 6.07) is 5.82. The molecule has 0 radical (unpaired) electrons. The molecule has 1 aromatic rings. The quantitative estimate of drug-likeness (QED) is 0.619. The first-order valence-corrected chi connectivity index (χ1v) is 7.03. The van der Waals surface area contributed by atoms with Crippen molar-refractivity contribution in [1.29, 1.82) is 0 Å². The van der Waals surface area contributed by atoms with Crippen molar-refractivity contribution in [2.24, 2.45) is 5.41 Å². The fourth-order valence-electron chi connectivity index (χ4n) is 2.84. The van der Waals surface area contributed by atoms with E-state index in [1.54, 1.807) is 32.9 Å². The summed E-state index contributed by atoms with van der Waals surface area (Å²) in [6.45, 7) is 5.57. The second-order valence-electron chi connectivity index (χ2n) is 5.36. The molecule has 1 saturated carbocycles. The molecule has 1 aliphatic rings. The second-order valence-corrected chi connectivity index (χ2v) is 5.36. The molecule has 1 aromatic carbocycles. The summed E-state index contributed by atoms with van der Waals surface area (Å²) in [5.41, 5.74) is -1.32. The molecule has 0 saturated heterocycles. The number of hydrogen-bond acceptors (Lipinski definition) is 4. The zero-order chi connectivity index (χ0) is 15.7. The third-order valence-electron chi connectivity index (χ3n) is 4.16. The fourth-order valence-corrected chi connectivity index (χ4v) is 2.84. The number of benzene rings is 1. The number of rotatable bonds is 5. The molecule has 0 bridgehead atoms. The molecule has 1 unspecified atom stereocenters. The standard InChI is InChI=1S/C16H19FO4/c1-4-20-13(18)16(14(19)21-5-2)10-15(16,3)11-6-8-12(17)9-7-11/h6-9H,4-5,10H2,1-3H3. The van der Waals surface area contributed by atoms with Crippen LogP contribution in [0.2, 0.25) is 0 Å². The molecule has 4 nitrogen and oxygen atoms in total. The van der Waals surface area contributed by atoms with Crippen LogP contribution in [-0.2, 0) is 24.5 Å². The van der Waals surface area contributed by atoms with Gasteiger partial charge in [-0.15, -0.1) is 0 Å². The molecule has 5 heteroatoms. The van der Waals surface area contributed by atoms with Crippen LogP contribution in [0.5, 0.6) is 0 Å². The zero-order valence-corrected chi connectivity index (χ0v) is 12.4. The molecule has 0 N–H and O–H groups in total. The summed E-state index contributed by atoms with van der Waals surface area (Å²) >= 11 is 0. The smallest absolute Gasteiger partial charge is 0.324 e. The highest BCUT2D eigenvalue weighted by Gasteiger charge is 2.76. The van der Waals surface area contributed by atoms with Gasteiger partial charge in [-0.1, -0.05) is 19.1 Å². The molecular formula is C16H19FO4. The van der Waals surface area contributed by atoms with Gasteiger partial charge in [0.15, 0.2) is 5.41 Å². The number of hydrogen-bond donors (Lipinski definition) is 0. The lowest BCUT2D eigenvalue weighted by Gasteiger charge is -2.20. The van der Waals surface area contributed by atoms with Crippen LogP contribution < -0.4 is 0 Å². The first-order chi connectivity index (χ1) is 9.92. The minimum Gasteiger partial charge on any atom is -0.465 e. The number of halogens is 1. The minimum absolute atomic E-state index is 0.194. The molecule has 1 fully saturated rings. The fraction of sp³-hybridized carbons (Fsp3) is 0.500. The molecule has 1 aliphatic carbocycles.